The van der Waals surface area contributed by atoms with Crippen LogP contribution in [0.2, 0.25) is 0 Å². The second kappa shape index (κ2) is 7.87. The molecule has 0 aromatic heterocycles. The summed E-state index contributed by atoms with van der Waals surface area (Å²) in [4.78, 5) is 11.3. The Balaban J connectivity index is 2.84. The van der Waals surface area contributed by atoms with Gasteiger partial charge >= 0.3 is 5.97 Å². The number of hydrogen-bond acceptors (Lipinski definition) is 4. The van der Waals surface area contributed by atoms with Crippen LogP contribution in [-0.2, 0) is 16.1 Å². The Morgan fingerprint density at radius 1 is 1.42 bits per heavy atom. The lowest BCUT2D eigenvalue weighted by Gasteiger charge is -2.16. The molecule has 1 N–H and O–H groups in total. The third-order valence-electron chi connectivity index (χ3n) is 2.53. The van der Waals surface area contributed by atoms with Gasteiger partial charge in [0.15, 0.2) is 0 Å². The molecule has 4 nitrogen and oxygen atoms in total. The molecule has 1 atom stereocenters. The Kier molecular flexibility index (Phi) is 6.82. The van der Waals surface area contributed by atoms with E-state index < -0.39 is 0 Å². The van der Waals surface area contributed by atoms with Crippen LogP contribution in [-0.4, -0.2) is 25.7 Å². The van der Waals surface area contributed by atoms with Crippen LogP contribution >= 0.6 is 31.9 Å². The van der Waals surface area contributed by atoms with Gasteiger partial charge in [-0.25, -0.2) is 0 Å². The number of carbonyl (C=O) groups is 1. The first-order valence-corrected chi connectivity index (χ1v) is 7.50. The number of nitrogens with one attached hydrogen (secondary N) is 1. The molecule has 0 radical (unpaired) electrons. The Hall–Kier alpha value is -0.590. The number of ether oxygens (including phenoxy) is 2. The van der Waals surface area contributed by atoms with Gasteiger partial charge in [-0.3, -0.25) is 4.79 Å². The summed E-state index contributed by atoms with van der Waals surface area (Å²) in [6.45, 7) is 4.80. The van der Waals surface area contributed by atoms with Gasteiger partial charge < -0.3 is 14.8 Å². The molecule has 0 saturated heterocycles. The quantitative estimate of drug-likeness (QED) is 0.752. The SMILES string of the molecule is CCOc1c(Br)cc(Br)cc1CNC(C)C(=O)OC. The molecule has 0 aliphatic carbocycles. The molecular weight excluding hydrogens is 378 g/mol. The van der Waals surface area contributed by atoms with Gasteiger partial charge in [-0.05, 0) is 41.9 Å². The smallest absolute Gasteiger partial charge is 0.322 e. The molecule has 0 spiro atoms. The van der Waals surface area contributed by atoms with Crippen LogP contribution in [0.25, 0.3) is 0 Å². The van der Waals surface area contributed by atoms with Crippen LogP contribution in [0.15, 0.2) is 21.1 Å². The fourth-order valence-electron chi connectivity index (χ4n) is 1.57. The maximum Gasteiger partial charge on any atom is 0.322 e. The highest BCUT2D eigenvalue weighted by Gasteiger charge is 2.15. The van der Waals surface area contributed by atoms with Gasteiger partial charge in [-0.1, -0.05) is 15.9 Å². The van der Waals surface area contributed by atoms with Crippen molar-refractivity contribution in [2.24, 2.45) is 0 Å². The number of hydrogen-bond donors (Lipinski definition) is 1. The Morgan fingerprint density at radius 3 is 2.68 bits per heavy atom. The lowest BCUT2D eigenvalue weighted by atomic mass is 10.2. The molecular formula is C13H17Br2NO3. The minimum Gasteiger partial charge on any atom is -0.492 e. The van der Waals surface area contributed by atoms with Gasteiger partial charge in [-0.2, -0.15) is 0 Å². The summed E-state index contributed by atoms with van der Waals surface area (Å²) in [5.74, 6) is 0.502. The van der Waals surface area contributed by atoms with Crippen molar-refractivity contribution in [3.63, 3.8) is 0 Å². The lowest BCUT2D eigenvalue weighted by molar-refractivity contribution is -0.142. The fourth-order valence-corrected chi connectivity index (χ4v) is 3.00. The van der Waals surface area contributed by atoms with Crippen LogP contribution < -0.4 is 10.1 Å². The largest absolute Gasteiger partial charge is 0.492 e. The fraction of sp³-hybridized carbons (Fsp3) is 0.462. The molecule has 1 unspecified atom stereocenters. The van der Waals surface area contributed by atoms with Crippen LogP contribution in [0.1, 0.15) is 19.4 Å². The van der Waals surface area contributed by atoms with Gasteiger partial charge in [0.1, 0.15) is 11.8 Å². The Labute approximate surface area is 130 Å². The third kappa shape index (κ3) is 4.78. The van der Waals surface area contributed by atoms with Crippen molar-refractivity contribution >= 4 is 37.8 Å². The highest BCUT2D eigenvalue weighted by molar-refractivity contribution is 9.11. The summed E-state index contributed by atoms with van der Waals surface area (Å²) in [5, 5.41) is 3.11. The van der Waals surface area contributed by atoms with E-state index >= 15 is 0 Å². The van der Waals surface area contributed by atoms with Crippen molar-refractivity contribution in [3.05, 3.63) is 26.6 Å². The predicted molar refractivity (Wildman–Crippen MR) is 81.3 cm³/mol. The maximum atomic E-state index is 11.3. The summed E-state index contributed by atoms with van der Waals surface area (Å²) >= 11 is 6.92. The molecule has 0 aliphatic rings. The van der Waals surface area contributed by atoms with Crippen LogP contribution in [0, 0.1) is 0 Å². The zero-order chi connectivity index (χ0) is 14.4. The van der Waals surface area contributed by atoms with E-state index in [0.29, 0.717) is 13.2 Å². The normalized spacial score (nSPS) is 12.1. The summed E-state index contributed by atoms with van der Waals surface area (Å²) in [7, 11) is 1.38. The van der Waals surface area contributed by atoms with E-state index in [1.165, 1.54) is 7.11 Å². The molecule has 0 saturated carbocycles. The summed E-state index contributed by atoms with van der Waals surface area (Å²) in [5.41, 5.74) is 0.971. The minimum absolute atomic E-state index is 0.285. The van der Waals surface area contributed by atoms with E-state index in [1.54, 1.807) is 6.92 Å². The highest BCUT2D eigenvalue weighted by atomic mass is 79.9. The third-order valence-corrected chi connectivity index (χ3v) is 3.57. The lowest BCUT2D eigenvalue weighted by Crippen LogP contribution is -2.34. The second-order valence-electron chi connectivity index (χ2n) is 3.93. The summed E-state index contributed by atoms with van der Waals surface area (Å²) in [6, 6.07) is 3.53. The Morgan fingerprint density at radius 2 is 2.11 bits per heavy atom. The molecule has 0 fully saturated rings. The average molecular weight is 395 g/mol. The molecule has 1 aromatic carbocycles. The van der Waals surface area contributed by atoms with Gasteiger partial charge in [0.2, 0.25) is 0 Å². The molecule has 1 rings (SSSR count). The number of benzene rings is 1. The van der Waals surface area contributed by atoms with Crippen molar-refractivity contribution in [1.29, 1.82) is 0 Å². The molecule has 106 valence electrons. The van der Waals surface area contributed by atoms with Crippen molar-refractivity contribution < 1.29 is 14.3 Å². The number of halogens is 2. The first-order valence-electron chi connectivity index (χ1n) is 5.91. The monoisotopic (exact) mass is 393 g/mol. The van der Waals surface area contributed by atoms with Gasteiger partial charge in [0.25, 0.3) is 0 Å². The van der Waals surface area contributed by atoms with Gasteiger partial charge in [-0.15, -0.1) is 0 Å². The first kappa shape index (κ1) is 16.5. The van der Waals surface area contributed by atoms with Crippen LogP contribution in [0.5, 0.6) is 5.75 Å². The van der Waals surface area contributed by atoms with E-state index in [2.05, 4.69) is 41.9 Å². The molecule has 1 aromatic rings. The number of methoxy groups -OCH3 is 1. The van der Waals surface area contributed by atoms with Crippen LogP contribution in [0.4, 0.5) is 0 Å². The molecule has 6 heteroatoms. The molecule has 0 heterocycles. The van der Waals surface area contributed by atoms with Crippen molar-refractivity contribution in [1.82, 2.24) is 5.32 Å². The average Bonchev–Trinajstić information content (AvgIpc) is 2.38. The molecule has 0 amide bonds. The Bertz CT molecular complexity index is 452. The van der Waals surface area contributed by atoms with E-state index in [1.807, 2.05) is 19.1 Å². The maximum absolute atomic E-state index is 11.3. The molecule has 0 bridgehead atoms. The van der Waals surface area contributed by atoms with Gasteiger partial charge in [0, 0.05) is 16.6 Å². The van der Waals surface area contributed by atoms with Crippen molar-refractivity contribution in [3.8, 4) is 5.75 Å². The first-order chi connectivity index (χ1) is 8.99. The number of esters is 1. The van der Waals surface area contributed by atoms with E-state index in [4.69, 9.17) is 4.74 Å². The van der Waals surface area contributed by atoms with E-state index in [9.17, 15) is 4.79 Å². The topological polar surface area (TPSA) is 47.6 Å². The standard InChI is InChI=1S/C13H17Br2NO3/c1-4-19-12-9(5-10(14)6-11(12)15)7-16-8(2)13(17)18-3/h5-6,8,16H,4,7H2,1-3H3. The number of carbonyl (C=O) groups excluding carboxylic acids is 1. The highest BCUT2D eigenvalue weighted by Crippen LogP contribution is 2.33. The van der Waals surface area contributed by atoms with Crippen molar-refractivity contribution in [2.45, 2.75) is 26.4 Å². The second-order valence-corrected chi connectivity index (χ2v) is 5.70. The zero-order valence-electron chi connectivity index (χ0n) is 11.1. The predicted octanol–water partition coefficient (Wildman–Crippen LogP) is 3.26. The van der Waals surface area contributed by atoms with E-state index in [-0.39, 0.29) is 12.0 Å². The summed E-state index contributed by atoms with van der Waals surface area (Å²) < 4.78 is 12.1. The molecule has 19 heavy (non-hydrogen) atoms. The number of rotatable bonds is 6. The van der Waals surface area contributed by atoms with Gasteiger partial charge in [0.05, 0.1) is 18.2 Å². The summed E-state index contributed by atoms with van der Waals surface area (Å²) in [6.07, 6.45) is 0. The minimum atomic E-state index is -0.364. The van der Waals surface area contributed by atoms with Crippen LogP contribution in [0.3, 0.4) is 0 Å². The van der Waals surface area contributed by atoms with E-state index in [0.717, 1.165) is 20.3 Å². The molecule has 0 aliphatic heterocycles. The zero-order valence-corrected chi connectivity index (χ0v) is 14.3. The van der Waals surface area contributed by atoms with Crippen molar-refractivity contribution in [2.75, 3.05) is 13.7 Å².